The van der Waals surface area contributed by atoms with Crippen LogP contribution >= 0.6 is 0 Å². The number of urea groups is 1. The van der Waals surface area contributed by atoms with Crippen LogP contribution in [0.1, 0.15) is 31.2 Å². The summed E-state index contributed by atoms with van der Waals surface area (Å²) in [5.41, 5.74) is 1.06. The molecular formula is C16H21N5O2. The molecule has 0 unspecified atom stereocenters. The molecule has 2 aromatic rings. The van der Waals surface area contributed by atoms with Crippen LogP contribution in [-0.2, 0) is 0 Å². The topological polar surface area (TPSA) is 92.1 Å². The number of pyridine rings is 1. The number of amides is 2. The first-order valence-electron chi connectivity index (χ1n) is 7.86. The Labute approximate surface area is 134 Å². The second-order valence-electron chi connectivity index (χ2n) is 5.88. The highest BCUT2D eigenvalue weighted by molar-refractivity contribution is 5.88. The third-order valence-corrected chi connectivity index (χ3v) is 4.05. The first-order valence-corrected chi connectivity index (χ1v) is 7.86. The molecule has 0 aromatic carbocycles. The van der Waals surface area contributed by atoms with Crippen molar-refractivity contribution in [2.75, 3.05) is 5.32 Å². The summed E-state index contributed by atoms with van der Waals surface area (Å²) >= 11 is 0. The van der Waals surface area contributed by atoms with Gasteiger partial charge in [-0.05, 0) is 37.5 Å². The van der Waals surface area contributed by atoms with Gasteiger partial charge >= 0.3 is 6.03 Å². The van der Waals surface area contributed by atoms with E-state index in [2.05, 4.69) is 20.7 Å². The molecule has 7 heteroatoms. The van der Waals surface area contributed by atoms with E-state index in [0.717, 1.165) is 31.2 Å². The van der Waals surface area contributed by atoms with Crippen LogP contribution in [0.3, 0.4) is 0 Å². The predicted octanol–water partition coefficient (Wildman–Crippen LogP) is 2.00. The fraction of sp³-hybridized carbons (Fsp3) is 0.438. The Morgan fingerprint density at radius 2 is 2.13 bits per heavy atom. The summed E-state index contributed by atoms with van der Waals surface area (Å²) in [4.78, 5) is 16.4. The molecule has 3 N–H and O–H groups in total. The maximum atomic E-state index is 12.2. The lowest BCUT2D eigenvalue weighted by Gasteiger charge is -2.28. The summed E-state index contributed by atoms with van der Waals surface area (Å²) in [5.74, 6) is 1.17. The first-order chi connectivity index (χ1) is 11.1. The summed E-state index contributed by atoms with van der Waals surface area (Å²) in [5, 5.41) is 19.8. The smallest absolute Gasteiger partial charge is 0.320 e. The second kappa shape index (κ2) is 6.78. The quantitative estimate of drug-likeness (QED) is 0.808. The molecule has 1 aliphatic carbocycles. The van der Waals surface area contributed by atoms with Gasteiger partial charge in [0.1, 0.15) is 5.82 Å². The van der Waals surface area contributed by atoms with Crippen molar-refractivity contribution in [3.8, 4) is 5.82 Å². The van der Waals surface area contributed by atoms with Crippen LogP contribution in [0.2, 0.25) is 0 Å². The number of carbonyl (C=O) groups excluding carboxylic acids is 1. The molecule has 3 rings (SSSR count). The van der Waals surface area contributed by atoms with Crippen LogP contribution in [0.15, 0.2) is 30.6 Å². The molecule has 2 amide bonds. The number of hydrogen-bond donors (Lipinski definition) is 3. The summed E-state index contributed by atoms with van der Waals surface area (Å²) in [6, 6.07) is 4.96. The SMILES string of the molecule is Cc1ccnc(-n2nccc2NC(=O)N[C@H]2CCCC[C@H]2O)c1. The van der Waals surface area contributed by atoms with Gasteiger partial charge < -0.3 is 10.4 Å². The van der Waals surface area contributed by atoms with E-state index in [9.17, 15) is 9.90 Å². The average Bonchev–Trinajstić information content (AvgIpc) is 2.97. The summed E-state index contributed by atoms with van der Waals surface area (Å²) in [7, 11) is 0. The fourth-order valence-corrected chi connectivity index (χ4v) is 2.82. The molecule has 0 radical (unpaired) electrons. The van der Waals surface area contributed by atoms with Gasteiger partial charge in [-0.2, -0.15) is 9.78 Å². The highest BCUT2D eigenvalue weighted by atomic mass is 16.3. The summed E-state index contributed by atoms with van der Waals surface area (Å²) in [6.07, 6.45) is 6.39. The van der Waals surface area contributed by atoms with Crippen molar-refractivity contribution >= 4 is 11.8 Å². The maximum Gasteiger partial charge on any atom is 0.320 e. The number of nitrogens with zero attached hydrogens (tertiary/aromatic N) is 3. The zero-order valence-corrected chi connectivity index (χ0v) is 13.1. The van der Waals surface area contributed by atoms with E-state index in [4.69, 9.17) is 0 Å². The van der Waals surface area contributed by atoms with Gasteiger partial charge in [0.15, 0.2) is 5.82 Å². The van der Waals surface area contributed by atoms with Crippen molar-refractivity contribution in [3.63, 3.8) is 0 Å². The van der Waals surface area contributed by atoms with E-state index in [-0.39, 0.29) is 12.1 Å². The minimum Gasteiger partial charge on any atom is -0.391 e. The molecule has 2 aromatic heterocycles. The molecule has 2 atom stereocenters. The molecule has 2 heterocycles. The number of aromatic nitrogens is 3. The van der Waals surface area contributed by atoms with Crippen LogP contribution in [0.25, 0.3) is 5.82 Å². The molecule has 0 bridgehead atoms. The number of aliphatic hydroxyl groups excluding tert-OH is 1. The molecule has 0 aliphatic heterocycles. The molecule has 1 aliphatic rings. The Kier molecular flexibility index (Phi) is 4.57. The lowest BCUT2D eigenvalue weighted by Crippen LogP contribution is -2.46. The number of carbonyl (C=O) groups is 1. The van der Waals surface area contributed by atoms with Crippen molar-refractivity contribution in [1.29, 1.82) is 0 Å². The zero-order valence-electron chi connectivity index (χ0n) is 13.1. The Morgan fingerprint density at radius 3 is 2.91 bits per heavy atom. The maximum absolute atomic E-state index is 12.2. The van der Waals surface area contributed by atoms with E-state index in [1.165, 1.54) is 0 Å². The van der Waals surface area contributed by atoms with Gasteiger partial charge in [0, 0.05) is 12.3 Å². The van der Waals surface area contributed by atoms with Crippen molar-refractivity contribution in [3.05, 3.63) is 36.2 Å². The fourth-order valence-electron chi connectivity index (χ4n) is 2.82. The van der Waals surface area contributed by atoms with E-state index in [0.29, 0.717) is 11.6 Å². The average molecular weight is 315 g/mol. The predicted molar refractivity (Wildman–Crippen MR) is 86.5 cm³/mol. The van der Waals surface area contributed by atoms with Crippen molar-refractivity contribution < 1.29 is 9.90 Å². The number of aliphatic hydroxyl groups is 1. The third-order valence-electron chi connectivity index (χ3n) is 4.05. The Hall–Kier alpha value is -2.41. The third kappa shape index (κ3) is 3.68. The number of aryl methyl sites for hydroxylation is 1. The van der Waals surface area contributed by atoms with Crippen LogP contribution in [-0.4, -0.2) is 38.0 Å². The monoisotopic (exact) mass is 315 g/mol. The van der Waals surface area contributed by atoms with Gasteiger partial charge in [0.2, 0.25) is 0 Å². The molecule has 122 valence electrons. The Balaban J connectivity index is 1.69. The van der Waals surface area contributed by atoms with Crippen LogP contribution in [0.5, 0.6) is 0 Å². The lowest BCUT2D eigenvalue weighted by atomic mass is 9.93. The molecule has 7 nitrogen and oxygen atoms in total. The Bertz CT molecular complexity index is 685. The van der Waals surface area contributed by atoms with Gasteiger partial charge in [0.25, 0.3) is 0 Å². The molecule has 1 fully saturated rings. The van der Waals surface area contributed by atoms with E-state index in [1.807, 2.05) is 19.1 Å². The molecular weight excluding hydrogens is 294 g/mol. The van der Waals surface area contributed by atoms with Crippen LogP contribution < -0.4 is 10.6 Å². The number of hydrogen-bond acceptors (Lipinski definition) is 4. The normalized spacial score (nSPS) is 21.0. The van der Waals surface area contributed by atoms with E-state index < -0.39 is 6.10 Å². The van der Waals surface area contributed by atoms with E-state index in [1.54, 1.807) is 23.1 Å². The highest BCUT2D eigenvalue weighted by Crippen LogP contribution is 2.19. The Morgan fingerprint density at radius 1 is 1.30 bits per heavy atom. The van der Waals surface area contributed by atoms with Crippen molar-refractivity contribution in [2.24, 2.45) is 0 Å². The van der Waals surface area contributed by atoms with Crippen LogP contribution in [0.4, 0.5) is 10.6 Å². The molecule has 0 spiro atoms. The first kappa shape index (κ1) is 15.5. The van der Waals surface area contributed by atoms with Crippen molar-refractivity contribution in [1.82, 2.24) is 20.1 Å². The molecule has 0 saturated heterocycles. The number of anilines is 1. The van der Waals surface area contributed by atoms with Crippen molar-refractivity contribution in [2.45, 2.75) is 44.8 Å². The highest BCUT2D eigenvalue weighted by Gasteiger charge is 2.24. The lowest BCUT2D eigenvalue weighted by molar-refractivity contribution is 0.0955. The van der Waals surface area contributed by atoms with Gasteiger partial charge in [-0.1, -0.05) is 12.8 Å². The van der Waals surface area contributed by atoms with Gasteiger partial charge in [-0.25, -0.2) is 9.78 Å². The zero-order chi connectivity index (χ0) is 16.2. The van der Waals surface area contributed by atoms with Gasteiger partial charge in [0.05, 0.1) is 18.3 Å². The van der Waals surface area contributed by atoms with Gasteiger partial charge in [-0.15, -0.1) is 0 Å². The summed E-state index contributed by atoms with van der Waals surface area (Å²) in [6.45, 7) is 1.97. The second-order valence-corrected chi connectivity index (χ2v) is 5.88. The largest absolute Gasteiger partial charge is 0.391 e. The standard InChI is InChI=1S/C16H21N5O2/c1-11-6-8-17-15(10-11)21-14(7-9-18-21)20-16(23)19-12-4-2-3-5-13(12)22/h6-10,12-13,22H,2-5H2,1H3,(H2,19,20,23)/t12-,13+/m0/s1. The minimum atomic E-state index is -0.474. The van der Waals surface area contributed by atoms with E-state index >= 15 is 0 Å². The molecule has 23 heavy (non-hydrogen) atoms. The number of nitrogens with one attached hydrogen (secondary N) is 2. The van der Waals surface area contributed by atoms with Crippen LogP contribution in [0, 0.1) is 6.92 Å². The number of rotatable bonds is 3. The van der Waals surface area contributed by atoms with Gasteiger partial charge in [-0.3, -0.25) is 5.32 Å². The molecule has 1 saturated carbocycles. The minimum absolute atomic E-state index is 0.197. The summed E-state index contributed by atoms with van der Waals surface area (Å²) < 4.78 is 1.57.